The van der Waals surface area contributed by atoms with Crippen LogP contribution in [0.15, 0.2) is 85.2 Å². The third kappa shape index (κ3) is 5.03. The van der Waals surface area contributed by atoms with Gasteiger partial charge in [0.1, 0.15) is 0 Å². The molecule has 2 heterocycles. The lowest BCUT2D eigenvalue weighted by Crippen LogP contribution is -2.59. The molecule has 6 heteroatoms. The van der Waals surface area contributed by atoms with Crippen molar-refractivity contribution in [2.75, 3.05) is 26.2 Å². The topological polar surface area (TPSA) is 65.5 Å². The molecule has 1 aliphatic rings. The zero-order valence-electron chi connectivity index (χ0n) is 18.2. The Labute approximate surface area is 188 Å². The van der Waals surface area contributed by atoms with Gasteiger partial charge < -0.3 is 10.2 Å². The fourth-order valence-corrected chi connectivity index (χ4v) is 4.35. The Morgan fingerprint density at radius 3 is 2.19 bits per heavy atom. The number of rotatable bonds is 6. The molecular formula is C26H28N4O2. The minimum Gasteiger partial charge on any atom is -0.355 e. The molecule has 2 amide bonds. The molecule has 32 heavy (non-hydrogen) atoms. The summed E-state index contributed by atoms with van der Waals surface area (Å²) in [7, 11) is 0. The van der Waals surface area contributed by atoms with Gasteiger partial charge in [-0.15, -0.1) is 0 Å². The van der Waals surface area contributed by atoms with Crippen molar-refractivity contribution in [1.29, 1.82) is 0 Å². The first-order valence-corrected chi connectivity index (χ1v) is 10.9. The van der Waals surface area contributed by atoms with E-state index in [0.717, 1.165) is 0 Å². The first-order valence-electron chi connectivity index (χ1n) is 10.9. The van der Waals surface area contributed by atoms with E-state index in [9.17, 15) is 9.59 Å². The highest BCUT2D eigenvalue weighted by molar-refractivity contribution is 5.94. The maximum Gasteiger partial charge on any atom is 0.255 e. The number of pyridine rings is 1. The van der Waals surface area contributed by atoms with E-state index in [4.69, 9.17) is 0 Å². The van der Waals surface area contributed by atoms with Gasteiger partial charge in [0, 0.05) is 51.5 Å². The summed E-state index contributed by atoms with van der Waals surface area (Å²) >= 11 is 0. The van der Waals surface area contributed by atoms with Crippen LogP contribution in [0.5, 0.6) is 0 Å². The van der Waals surface area contributed by atoms with Crippen molar-refractivity contribution >= 4 is 11.8 Å². The third-order valence-electron chi connectivity index (χ3n) is 5.87. The Kier molecular flexibility index (Phi) is 6.92. The normalized spacial score (nSPS) is 16.7. The quantitative estimate of drug-likeness (QED) is 0.655. The van der Waals surface area contributed by atoms with Gasteiger partial charge in [0.25, 0.3) is 5.91 Å². The highest BCUT2D eigenvalue weighted by Crippen LogP contribution is 2.32. The van der Waals surface area contributed by atoms with Crippen LogP contribution in [0.4, 0.5) is 0 Å². The van der Waals surface area contributed by atoms with Crippen molar-refractivity contribution in [1.82, 2.24) is 20.1 Å². The number of benzene rings is 2. The smallest absolute Gasteiger partial charge is 0.255 e. The van der Waals surface area contributed by atoms with E-state index in [1.54, 1.807) is 24.5 Å². The minimum absolute atomic E-state index is 0.0263. The molecule has 1 atom stereocenters. The first kappa shape index (κ1) is 21.7. The molecule has 2 aromatic carbocycles. The molecule has 3 aromatic rings. The second-order valence-corrected chi connectivity index (χ2v) is 8.05. The van der Waals surface area contributed by atoms with Crippen molar-refractivity contribution < 1.29 is 9.59 Å². The molecule has 6 nitrogen and oxygen atoms in total. The van der Waals surface area contributed by atoms with Crippen molar-refractivity contribution in [3.05, 3.63) is 102 Å². The summed E-state index contributed by atoms with van der Waals surface area (Å²) < 4.78 is 0. The Morgan fingerprint density at radius 2 is 1.62 bits per heavy atom. The fourth-order valence-electron chi connectivity index (χ4n) is 4.35. The number of piperazine rings is 1. The standard InChI is InChI=1S/C26H28N4O2/c1-20(31)28-18-24-19-29(26(32)23-13-8-14-27-17-23)15-16-30(24)25(21-9-4-2-5-10-21)22-11-6-3-7-12-22/h2-14,17,24-25H,15-16,18-19H2,1H3,(H,28,31). The minimum atomic E-state index is -0.0726. The monoisotopic (exact) mass is 428 g/mol. The van der Waals surface area contributed by atoms with E-state index >= 15 is 0 Å². The molecular weight excluding hydrogens is 400 g/mol. The van der Waals surface area contributed by atoms with Crippen LogP contribution in [0.25, 0.3) is 0 Å². The lowest BCUT2D eigenvalue weighted by molar-refractivity contribution is -0.119. The van der Waals surface area contributed by atoms with E-state index < -0.39 is 0 Å². The number of carbonyl (C=O) groups excluding carboxylic acids is 2. The van der Waals surface area contributed by atoms with Crippen LogP contribution >= 0.6 is 0 Å². The summed E-state index contributed by atoms with van der Waals surface area (Å²) in [5.74, 6) is -0.0989. The van der Waals surface area contributed by atoms with E-state index in [1.807, 2.05) is 17.0 Å². The van der Waals surface area contributed by atoms with Crippen LogP contribution in [0.1, 0.15) is 34.5 Å². The molecule has 4 rings (SSSR count). The van der Waals surface area contributed by atoms with Gasteiger partial charge in [-0.05, 0) is 23.3 Å². The van der Waals surface area contributed by atoms with Crippen LogP contribution in [0, 0.1) is 0 Å². The maximum atomic E-state index is 13.1. The molecule has 0 saturated carbocycles. The summed E-state index contributed by atoms with van der Waals surface area (Å²) in [5, 5.41) is 2.97. The van der Waals surface area contributed by atoms with Gasteiger partial charge in [0.2, 0.25) is 5.91 Å². The van der Waals surface area contributed by atoms with E-state index in [-0.39, 0.29) is 23.9 Å². The molecule has 0 radical (unpaired) electrons. The van der Waals surface area contributed by atoms with Crippen LogP contribution in [-0.4, -0.2) is 58.8 Å². The number of nitrogens with one attached hydrogen (secondary N) is 1. The highest BCUT2D eigenvalue weighted by Gasteiger charge is 2.35. The number of carbonyl (C=O) groups is 2. The average molecular weight is 429 g/mol. The molecule has 164 valence electrons. The number of hydrogen-bond acceptors (Lipinski definition) is 4. The van der Waals surface area contributed by atoms with Crippen molar-refractivity contribution in [3.8, 4) is 0 Å². The van der Waals surface area contributed by atoms with E-state index in [0.29, 0.717) is 31.7 Å². The molecule has 0 aliphatic carbocycles. The molecule has 0 bridgehead atoms. The zero-order valence-corrected chi connectivity index (χ0v) is 18.2. The molecule has 1 aliphatic heterocycles. The van der Waals surface area contributed by atoms with Gasteiger partial charge >= 0.3 is 0 Å². The predicted molar refractivity (Wildman–Crippen MR) is 124 cm³/mol. The lowest BCUT2D eigenvalue weighted by atomic mass is 9.94. The second-order valence-electron chi connectivity index (χ2n) is 8.05. The van der Waals surface area contributed by atoms with Crippen LogP contribution in [-0.2, 0) is 4.79 Å². The van der Waals surface area contributed by atoms with Crippen molar-refractivity contribution in [3.63, 3.8) is 0 Å². The Bertz CT molecular complexity index is 988. The number of aromatic nitrogens is 1. The number of hydrogen-bond donors (Lipinski definition) is 1. The summed E-state index contributed by atoms with van der Waals surface area (Å²) in [6.45, 7) is 3.84. The summed E-state index contributed by atoms with van der Waals surface area (Å²) in [4.78, 5) is 33.2. The SMILES string of the molecule is CC(=O)NCC1CN(C(=O)c2cccnc2)CCN1C(c1ccccc1)c1ccccc1. The van der Waals surface area contributed by atoms with Crippen LogP contribution in [0.3, 0.4) is 0 Å². The largest absolute Gasteiger partial charge is 0.355 e. The molecule has 1 N–H and O–H groups in total. The van der Waals surface area contributed by atoms with Gasteiger partial charge in [-0.2, -0.15) is 0 Å². The predicted octanol–water partition coefficient (Wildman–Crippen LogP) is 3.13. The maximum absolute atomic E-state index is 13.1. The molecule has 0 spiro atoms. The van der Waals surface area contributed by atoms with Gasteiger partial charge in [0.05, 0.1) is 11.6 Å². The number of amides is 2. The van der Waals surface area contributed by atoms with Crippen molar-refractivity contribution in [2.24, 2.45) is 0 Å². The number of nitrogens with zero attached hydrogens (tertiary/aromatic N) is 3. The average Bonchev–Trinajstić information content (AvgIpc) is 2.85. The van der Waals surface area contributed by atoms with Gasteiger partial charge in [0.15, 0.2) is 0 Å². The van der Waals surface area contributed by atoms with Gasteiger partial charge in [-0.25, -0.2) is 0 Å². The van der Waals surface area contributed by atoms with Gasteiger partial charge in [-0.1, -0.05) is 60.7 Å². The zero-order chi connectivity index (χ0) is 22.3. The second kappa shape index (κ2) is 10.2. The Balaban J connectivity index is 1.64. The van der Waals surface area contributed by atoms with Crippen LogP contribution < -0.4 is 5.32 Å². The highest BCUT2D eigenvalue weighted by atomic mass is 16.2. The third-order valence-corrected chi connectivity index (χ3v) is 5.87. The molecule has 1 aromatic heterocycles. The molecule has 1 fully saturated rings. The Morgan fingerprint density at radius 1 is 0.969 bits per heavy atom. The summed E-state index contributed by atoms with van der Waals surface area (Å²) in [5.41, 5.74) is 2.97. The fraction of sp³-hybridized carbons (Fsp3) is 0.269. The lowest BCUT2D eigenvalue weighted by Gasteiger charge is -2.45. The van der Waals surface area contributed by atoms with Crippen molar-refractivity contribution in [2.45, 2.75) is 19.0 Å². The molecule has 1 unspecified atom stereocenters. The summed E-state index contributed by atoms with van der Waals surface area (Å²) in [6, 6.07) is 24.4. The van der Waals surface area contributed by atoms with Crippen LogP contribution in [0.2, 0.25) is 0 Å². The first-order chi connectivity index (χ1) is 15.6. The Hall–Kier alpha value is -3.51. The van der Waals surface area contributed by atoms with E-state index in [2.05, 4.69) is 63.7 Å². The molecule has 1 saturated heterocycles. The van der Waals surface area contributed by atoms with Gasteiger partial charge in [-0.3, -0.25) is 19.5 Å². The summed E-state index contributed by atoms with van der Waals surface area (Å²) in [6.07, 6.45) is 3.27. The van der Waals surface area contributed by atoms with E-state index in [1.165, 1.54) is 18.1 Å².